The smallest absolute Gasteiger partial charge is 0.0351 e. The molecule has 0 heterocycles. The van der Waals surface area contributed by atoms with Crippen molar-refractivity contribution in [2.45, 2.75) is 174 Å². The van der Waals surface area contributed by atoms with Crippen LogP contribution in [0.15, 0.2) is 12.2 Å². The van der Waals surface area contributed by atoms with Crippen LogP contribution in [0.5, 0.6) is 0 Å². The van der Waals surface area contributed by atoms with Crippen molar-refractivity contribution in [3.05, 3.63) is 19.1 Å². The van der Waals surface area contributed by atoms with Gasteiger partial charge in [0.05, 0.1) is 0 Å². The van der Waals surface area contributed by atoms with Crippen LogP contribution in [0.25, 0.3) is 0 Å². The highest BCUT2D eigenvalue weighted by atomic mass is 14.0. The van der Waals surface area contributed by atoms with E-state index in [0.29, 0.717) is 0 Å². The van der Waals surface area contributed by atoms with E-state index in [1.54, 1.807) is 0 Å². The van der Waals surface area contributed by atoms with Gasteiger partial charge >= 0.3 is 0 Å². The molecule has 0 spiro atoms. The predicted octanol–water partition coefficient (Wildman–Crippen LogP) is 11.5. The predicted molar refractivity (Wildman–Crippen MR) is 140 cm³/mol. The molecule has 0 aliphatic rings. The van der Waals surface area contributed by atoms with E-state index in [1.807, 2.05) is 0 Å². The van der Waals surface area contributed by atoms with E-state index in [1.165, 1.54) is 161 Å². The number of unbranched alkanes of at least 4 members (excludes halogenated alkanes) is 24. The van der Waals surface area contributed by atoms with E-state index >= 15 is 0 Å². The van der Waals surface area contributed by atoms with Gasteiger partial charge in [-0.3, -0.25) is 0 Å². The van der Waals surface area contributed by atoms with Crippen LogP contribution < -0.4 is 0 Å². The van der Waals surface area contributed by atoms with E-state index in [0.717, 1.165) is 6.42 Å². The molecule has 0 fully saturated rings. The Hall–Kier alpha value is -0.260. The summed E-state index contributed by atoms with van der Waals surface area (Å²) in [5.41, 5.74) is 0. The maximum absolute atomic E-state index is 3.92. The average Bonchev–Trinajstić information content (AvgIpc) is 2.76. The molecule has 0 aliphatic carbocycles. The minimum atomic E-state index is 1.12. The fourth-order valence-corrected chi connectivity index (χ4v) is 4.36. The molecule has 179 valence electrons. The van der Waals surface area contributed by atoms with Gasteiger partial charge in [0.2, 0.25) is 0 Å². The molecule has 0 amide bonds. The van der Waals surface area contributed by atoms with Gasteiger partial charge in [-0.25, -0.2) is 0 Å². The number of allylic oxidation sites excluding steroid dienone is 2. The molecular formula is C30H59. The second-order valence-electron chi connectivity index (χ2n) is 9.68. The lowest BCUT2D eigenvalue weighted by Crippen LogP contribution is -1.84. The third-order valence-corrected chi connectivity index (χ3v) is 6.51. The van der Waals surface area contributed by atoms with Crippen molar-refractivity contribution in [3.8, 4) is 0 Å². The van der Waals surface area contributed by atoms with E-state index in [2.05, 4.69) is 26.0 Å². The summed E-state index contributed by atoms with van der Waals surface area (Å²) >= 11 is 0. The van der Waals surface area contributed by atoms with Crippen molar-refractivity contribution in [1.29, 1.82) is 0 Å². The van der Waals surface area contributed by atoms with Crippen molar-refractivity contribution in [3.63, 3.8) is 0 Å². The molecule has 0 saturated carbocycles. The van der Waals surface area contributed by atoms with Crippen LogP contribution in [0, 0.1) is 6.92 Å². The van der Waals surface area contributed by atoms with Gasteiger partial charge in [0.1, 0.15) is 0 Å². The highest BCUT2D eigenvalue weighted by Crippen LogP contribution is 2.15. The molecule has 0 aromatic rings. The Labute approximate surface area is 193 Å². The first-order chi connectivity index (χ1) is 14.9. The van der Waals surface area contributed by atoms with Crippen molar-refractivity contribution >= 4 is 0 Å². The fourth-order valence-electron chi connectivity index (χ4n) is 4.36. The monoisotopic (exact) mass is 419 g/mol. The molecule has 0 N–H and O–H groups in total. The molecule has 0 unspecified atom stereocenters. The van der Waals surface area contributed by atoms with Crippen LogP contribution in [-0.2, 0) is 0 Å². The van der Waals surface area contributed by atoms with Crippen LogP contribution in [0.4, 0.5) is 0 Å². The van der Waals surface area contributed by atoms with Crippen LogP contribution in [0.1, 0.15) is 174 Å². The summed E-state index contributed by atoms with van der Waals surface area (Å²) < 4.78 is 0. The first-order valence-electron chi connectivity index (χ1n) is 14.4. The van der Waals surface area contributed by atoms with Gasteiger partial charge in [-0.1, -0.05) is 174 Å². The van der Waals surface area contributed by atoms with Crippen molar-refractivity contribution in [2.75, 3.05) is 0 Å². The quantitative estimate of drug-likeness (QED) is 0.0965. The fraction of sp³-hybridized carbons (Fsp3) is 0.900. The van der Waals surface area contributed by atoms with Crippen molar-refractivity contribution < 1.29 is 0 Å². The van der Waals surface area contributed by atoms with Gasteiger partial charge in [0.25, 0.3) is 0 Å². The molecule has 0 rings (SSSR count). The molecule has 1 radical (unpaired) electrons. The van der Waals surface area contributed by atoms with Gasteiger partial charge in [0.15, 0.2) is 0 Å². The van der Waals surface area contributed by atoms with Crippen LogP contribution in [-0.4, -0.2) is 0 Å². The van der Waals surface area contributed by atoms with Gasteiger partial charge in [0, 0.05) is 0 Å². The topological polar surface area (TPSA) is 0 Å². The molecule has 0 nitrogen and oxygen atoms in total. The van der Waals surface area contributed by atoms with Crippen molar-refractivity contribution in [2.24, 2.45) is 0 Å². The summed E-state index contributed by atoms with van der Waals surface area (Å²) in [4.78, 5) is 0. The van der Waals surface area contributed by atoms with E-state index in [4.69, 9.17) is 0 Å². The Kier molecular flexibility index (Phi) is 28.5. The Morgan fingerprint density at radius 3 is 0.933 bits per heavy atom. The molecule has 0 aliphatic heterocycles. The lowest BCUT2D eigenvalue weighted by molar-refractivity contribution is 0.520. The molecule has 0 saturated heterocycles. The van der Waals surface area contributed by atoms with Gasteiger partial charge in [-0.05, 0) is 19.3 Å². The Morgan fingerprint density at radius 1 is 0.367 bits per heavy atom. The lowest BCUT2D eigenvalue weighted by atomic mass is 10.0. The van der Waals surface area contributed by atoms with Crippen LogP contribution in [0.2, 0.25) is 0 Å². The minimum Gasteiger partial charge on any atom is -0.0885 e. The highest BCUT2D eigenvalue weighted by Gasteiger charge is 1.95. The average molecular weight is 420 g/mol. The van der Waals surface area contributed by atoms with Gasteiger partial charge < -0.3 is 0 Å². The zero-order valence-electron chi connectivity index (χ0n) is 21.2. The van der Waals surface area contributed by atoms with Crippen LogP contribution >= 0.6 is 0 Å². The number of rotatable bonds is 26. The zero-order valence-corrected chi connectivity index (χ0v) is 21.2. The van der Waals surface area contributed by atoms with E-state index < -0.39 is 0 Å². The number of hydrogen-bond acceptors (Lipinski definition) is 0. The molecule has 0 heteroatoms. The molecule has 30 heavy (non-hydrogen) atoms. The molecule has 0 bridgehead atoms. The Morgan fingerprint density at radius 2 is 0.633 bits per heavy atom. The largest absolute Gasteiger partial charge is 0.0885 e. The summed E-state index contributed by atoms with van der Waals surface area (Å²) in [6.45, 7) is 6.19. The summed E-state index contributed by atoms with van der Waals surface area (Å²) in [6.07, 6.45) is 41.8. The second kappa shape index (κ2) is 28.7. The molecule has 0 aromatic heterocycles. The van der Waals surface area contributed by atoms with Gasteiger partial charge in [-0.2, -0.15) is 0 Å². The Bertz CT molecular complexity index is 303. The summed E-state index contributed by atoms with van der Waals surface area (Å²) in [7, 11) is 0. The standard InChI is InChI=1S/C30H59/c1-3-5-7-9-11-13-15-17-19-21-23-25-27-29-30-28-26-24-22-20-18-16-14-12-10-8-6-4-2/h10,12H,1,3-9,11,13-30H2,2H3/b12-10+. The molecule has 0 atom stereocenters. The van der Waals surface area contributed by atoms with E-state index in [9.17, 15) is 0 Å². The maximum Gasteiger partial charge on any atom is -0.0351 e. The molecular weight excluding hydrogens is 360 g/mol. The van der Waals surface area contributed by atoms with Crippen molar-refractivity contribution in [1.82, 2.24) is 0 Å². The SMILES string of the molecule is [CH2]CCCCCCCCCCCCCCCCCCCCCCC/C=C/CCCC. The third kappa shape index (κ3) is 27.7. The zero-order chi connectivity index (χ0) is 21.8. The van der Waals surface area contributed by atoms with Gasteiger partial charge in [-0.15, -0.1) is 0 Å². The normalized spacial score (nSPS) is 11.7. The third-order valence-electron chi connectivity index (χ3n) is 6.51. The summed E-state index contributed by atoms with van der Waals surface area (Å²) in [5, 5.41) is 0. The minimum absolute atomic E-state index is 1.12. The first-order valence-corrected chi connectivity index (χ1v) is 14.4. The number of hydrogen-bond donors (Lipinski definition) is 0. The van der Waals surface area contributed by atoms with Crippen LogP contribution in [0.3, 0.4) is 0 Å². The second-order valence-corrected chi connectivity index (χ2v) is 9.68. The molecule has 0 aromatic carbocycles. The lowest BCUT2D eigenvalue weighted by Gasteiger charge is -2.04. The first kappa shape index (κ1) is 29.7. The highest BCUT2D eigenvalue weighted by molar-refractivity contribution is 4.81. The summed E-state index contributed by atoms with van der Waals surface area (Å²) in [5.74, 6) is 0. The summed E-state index contributed by atoms with van der Waals surface area (Å²) in [6, 6.07) is 0. The van der Waals surface area contributed by atoms with E-state index in [-0.39, 0.29) is 0 Å². The Balaban J connectivity index is 3.01. The maximum atomic E-state index is 3.92.